The Morgan fingerprint density at radius 2 is 2.28 bits per heavy atom. The van der Waals surface area contributed by atoms with E-state index in [4.69, 9.17) is 21.1 Å². The van der Waals surface area contributed by atoms with Gasteiger partial charge >= 0.3 is 5.97 Å². The highest BCUT2D eigenvalue weighted by Gasteiger charge is 2.36. The van der Waals surface area contributed by atoms with Crippen LogP contribution in [-0.4, -0.2) is 46.9 Å². The first-order valence-electron chi connectivity index (χ1n) is 5.04. The van der Waals surface area contributed by atoms with Crippen LogP contribution >= 0.6 is 11.6 Å². The highest BCUT2D eigenvalue weighted by atomic mass is 35.5. The zero-order valence-electron chi connectivity index (χ0n) is 9.05. The summed E-state index contributed by atoms with van der Waals surface area (Å²) in [5.74, 6) is -2.25. The quantitative estimate of drug-likeness (QED) is 0.787. The van der Waals surface area contributed by atoms with Crippen LogP contribution < -0.4 is 5.32 Å². The van der Waals surface area contributed by atoms with Crippen LogP contribution in [0.2, 0.25) is 5.22 Å². The molecule has 1 fully saturated rings. The summed E-state index contributed by atoms with van der Waals surface area (Å²) in [5, 5.41) is 11.3. The van der Waals surface area contributed by atoms with Gasteiger partial charge in [-0.15, -0.1) is 0 Å². The average Bonchev–Trinajstić information content (AvgIpc) is 2.74. The molecule has 1 aliphatic heterocycles. The van der Waals surface area contributed by atoms with Gasteiger partial charge in [-0.1, -0.05) is 0 Å². The number of furan rings is 1. The number of piperazine rings is 1. The number of nitrogens with zero attached hydrogens (tertiary/aromatic N) is 1. The van der Waals surface area contributed by atoms with Crippen LogP contribution in [-0.2, 0) is 9.59 Å². The summed E-state index contributed by atoms with van der Waals surface area (Å²) in [7, 11) is 0. The van der Waals surface area contributed by atoms with Gasteiger partial charge in [-0.2, -0.15) is 0 Å². The van der Waals surface area contributed by atoms with E-state index in [-0.39, 0.29) is 23.9 Å². The van der Waals surface area contributed by atoms with Gasteiger partial charge in [-0.3, -0.25) is 9.59 Å². The van der Waals surface area contributed by atoms with Crippen LogP contribution in [0.25, 0.3) is 0 Å². The highest BCUT2D eigenvalue weighted by Crippen LogP contribution is 2.20. The van der Waals surface area contributed by atoms with Crippen LogP contribution in [0.1, 0.15) is 10.4 Å². The van der Waals surface area contributed by atoms with Crippen LogP contribution in [0.3, 0.4) is 0 Å². The molecule has 18 heavy (non-hydrogen) atoms. The first kappa shape index (κ1) is 12.4. The number of carboxylic acid groups (broad SMARTS) is 1. The smallest absolute Gasteiger partial charge is 0.328 e. The summed E-state index contributed by atoms with van der Waals surface area (Å²) in [5.41, 5.74) is 0.0395. The molecule has 2 heterocycles. The normalized spacial score (nSPS) is 19.5. The van der Waals surface area contributed by atoms with Gasteiger partial charge in [0.05, 0.1) is 11.8 Å². The van der Waals surface area contributed by atoms with E-state index in [1.165, 1.54) is 12.3 Å². The maximum atomic E-state index is 12.1. The summed E-state index contributed by atoms with van der Waals surface area (Å²) >= 11 is 5.66. The van der Waals surface area contributed by atoms with Gasteiger partial charge in [0.15, 0.2) is 0 Å². The van der Waals surface area contributed by atoms with Crippen molar-refractivity contribution < 1.29 is 23.9 Å². The summed E-state index contributed by atoms with van der Waals surface area (Å²) in [4.78, 5) is 35.3. The Bertz CT molecular complexity index is 512. The van der Waals surface area contributed by atoms with E-state index in [1.54, 1.807) is 0 Å². The molecule has 1 aromatic rings. The monoisotopic (exact) mass is 272 g/mol. The molecule has 1 unspecified atom stereocenters. The lowest BCUT2D eigenvalue weighted by Crippen LogP contribution is -2.59. The molecule has 1 aliphatic rings. The maximum absolute atomic E-state index is 12.1. The summed E-state index contributed by atoms with van der Waals surface area (Å²) in [6, 6.07) is 0.219. The van der Waals surface area contributed by atoms with Gasteiger partial charge in [0.2, 0.25) is 11.1 Å². The number of carbonyl (C=O) groups is 3. The van der Waals surface area contributed by atoms with E-state index < -0.39 is 23.8 Å². The molecule has 0 bridgehead atoms. The number of hydrogen-bond acceptors (Lipinski definition) is 4. The molecule has 0 radical (unpaired) electrons. The third-order valence-electron chi connectivity index (χ3n) is 2.58. The second kappa shape index (κ2) is 4.69. The van der Waals surface area contributed by atoms with Gasteiger partial charge in [0.25, 0.3) is 5.91 Å². The van der Waals surface area contributed by atoms with Crippen LogP contribution in [0, 0.1) is 0 Å². The van der Waals surface area contributed by atoms with Crippen molar-refractivity contribution in [3.8, 4) is 0 Å². The fraction of sp³-hybridized carbons (Fsp3) is 0.300. The van der Waals surface area contributed by atoms with Crippen molar-refractivity contribution in [2.24, 2.45) is 0 Å². The predicted octanol–water partition coefficient (Wildman–Crippen LogP) is -0.0418. The molecule has 2 amide bonds. The lowest BCUT2D eigenvalue weighted by molar-refractivity contribution is -0.144. The SMILES string of the molecule is O=C1CN(C(=O)c2ccoc2Cl)C(C(=O)O)CN1. The number of nitrogens with one attached hydrogen (secondary N) is 1. The van der Waals surface area contributed by atoms with Crippen molar-refractivity contribution in [3.63, 3.8) is 0 Å². The van der Waals surface area contributed by atoms with Crippen molar-refractivity contribution in [3.05, 3.63) is 23.1 Å². The molecule has 96 valence electrons. The van der Waals surface area contributed by atoms with Crippen LogP contribution in [0.15, 0.2) is 16.7 Å². The molecule has 0 aliphatic carbocycles. The number of rotatable bonds is 2. The van der Waals surface area contributed by atoms with E-state index in [9.17, 15) is 14.4 Å². The molecular weight excluding hydrogens is 264 g/mol. The molecule has 2 N–H and O–H groups in total. The minimum atomic E-state index is -1.19. The van der Waals surface area contributed by atoms with Crippen molar-refractivity contribution in [1.29, 1.82) is 0 Å². The van der Waals surface area contributed by atoms with Crippen LogP contribution in [0.4, 0.5) is 0 Å². The molecule has 2 rings (SSSR count). The zero-order chi connectivity index (χ0) is 13.3. The molecule has 0 aromatic carbocycles. The Kier molecular flexibility index (Phi) is 3.24. The first-order valence-corrected chi connectivity index (χ1v) is 5.42. The largest absolute Gasteiger partial charge is 0.480 e. The third kappa shape index (κ3) is 2.17. The van der Waals surface area contributed by atoms with Crippen molar-refractivity contribution in [2.45, 2.75) is 6.04 Å². The second-order valence-electron chi connectivity index (χ2n) is 3.70. The fourth-order valence-corrected chi connectivity index (χ4v) is 1.87. The molecular formula is C10H9ClN2O5. The van der Waals surface area contributed by atoms with E-state index >= 15 is 0 Å². The third-order valence-corrected chi connectivity index (χ3v) is 2.87. The molecule has 1 atom stereocenters. The first-order chi connectivity index (χ1) is 8.50. The van der Waals surface area contributed by atoms with E-state index in [1.807, 2.05) is 0 Å². The molecule has 0 spiro atoms. The Labute approximate surface area is 106 Å². The number of halogens is 1. The number of aliphatic carboxylic acids is 1. The predicted molar refractivity (Wildman–Crippen MR) is 59.2 cm³/mol. The van der Waals surface area contributed by atoms with E-state index in [2.05, 4.69) is 5.32 Å². The van der Waals surface area contributed by atoms with Gasteiger partial charge in [-0.05, 0) is 17.7 Å². The molecule has 0 saturated carbocycles. The summed E-state index contributed by atoms with van der Waals surface area (Å²) < 4.78 is 4.77. The van der Waals surface area contributed by atoms with Gasteiger partial charge in [0.1, 0.15) is 12.6 Å². The van der Waals surface area contributed by atoms with Crippen LogP contribution in [0.5, 0.6) is 0 Å². The average molecular weight is 273 g/mol. The Morgan fingerprint density at radius 1 is 1.56 bits per heavy atom. The fourth-order valence-electron chi connectivity index (χ4n) is 1.68. The molecule has 7 nitrogen and oxygen atoms in total. The standard InChI is InChI=1S/C10H9ClN2O5/c11-8-5(1-2-18-8)9(15)13-4-7(14)12-3-6(13)10(16)17/h1-2,6H,3-4H2,(H,12,14)(H,16,17). The molecule has 8 heteroatoms. The highest BCUT2D eigenvalue weighted by molar-refractivity contribution is 6.32. The Morgan fingerprint density at radius 3 is 2.83 bits per heavy atom. The number of amides is 2. The van der Waals surface area contributed by atoms with E-state index in [0.29, 0.717) is 0 Å². The molecule has 1 aromatic heterocycles. The van der Waals surface area contributed by atoms with Gasteiger partial charge in [0, 0.05) is 6.54 Å². The summed E-state index contributed by atoms with van der Waals surface area (Å²) in [6.07, 6.45) is 1.22. The minimum Gasteiger partial charge on any atom is -0.480 e. The lowest BCUT2D eigenvalue weighted by atomic mass is 10.1. The van der Waals surface area contributed by atoms with Crippen molar-refractivity contribution >= 4 is 29.4 Å². The zero-order valence-corrected chi connectivity index (χ0v) is 9.81. The van der Waals surface area contributed by atoms with Gasteiger partial charge < -0.3 is 19.7 Å². The van der Waals surface area contributed by atoms with Crippen molar-refractivity contribution in [1.82, 2.24) is 10.2 Å². The van der Waals surface area contributed by atoms with E-state index in [0.717, 1.165) is 4.90 Å². The van der Waals surface area contributed by atoms with Crippen molar-refractivity contribution in [2.75, 3.05) is 13.1 Å². The Balaban J connectivity index is 2.28. The second-order valence-corrected chi connectivity index (χ2v) is 4.04. The molecule has 1 saturated heterocycles. The van der Waals surface area contributed by atoms with Gasteiger partial charge in [-0.25, -0.2) is 4.79 Å². The number of hydrogen-bond donors (Lipinski definition) is 2. The lowest BCUT2D eigenvalue weighted by Gasteiger charge is -2.32. The topological polar surface area (TPSA) is 99.9 Å². The number of carbonyl (C=O) groups excluding carboxylic acids is 2. The Hall–Kier alpha value is -2.02. The summed E-state index contributed by atoms with van der Waals surface area (Å²) in [6.45, 7) is -0.452. The minimum absolute atomic E-state index is 0.0395. The maximum Gasteiger partial charge on any atom is 0.328 e. The number of carboxylic acids is 1.